The summed E-state index contributed by atoms with van der Waals surface area (Å²) in [6, 6.07) is 7.99. The number of nitrogens with zero attached hydrogens (tertiary/aromatic N) is 1. The molecule has 0 atom stereocenters. The quantitative estimate of drug-likeness (QED) is 0.859. The minimum absolute atomic E-state index is 0.363. The molecule has 0 unspecified atom stereocenters. The fraction of sp³-hybridized carbons (Fsp3) is 0.500. The van der Waals surface area contributed by atoms with Crippen LogP contribution < -0.4 is 10.1 Å². The van der Waals surface area contributed by atoms with E-state index in [0.29, 0.717) is 23.8 Å². The maximum absolute atomic E-state index is 8.90. The third kappa shape index (κ3) is 4.56. The van der Waals surface area contributed by atoms with Crippen LogP contribution >= 0.6 is 11.6 Å². The number of nitrogens with one attached hydrogen (secondary N) is 1. The van der Waals surface area contributed by atoms with Crippen LogP contribution in [0, 0.1) is 16.7 Å². The van der Waals surface area contributed by atoms with E-state index in [4.69, 9.17) is 21.6 Å². The van der Waals surface area contributed by atoms with Crippen molar-refractivity contribution in [2.75, 3.05) is 13.7 Å². The summed E-state index contributed by atoms with van der Waals surface area (Å²) in [5, 5.41) is 12.6. The van der Waals surface area contributed by atoms with Crippen molar-refractivity contribution in [1.82, 2.24) is 5.32 Å². The van der Waals surface area contributed by atoms with Crippen molar-refractivity contribution in [1.29, 1.82) is 5.26 Å². The molecule has 0 aliphatic heterocycles. The fourth-order valence-electron chi connectivity index (χ4n) is 1.45. The molecule has 1 aromatic carbocycles. The van der Waals surface area contributed by atoms with Gasteiger partial charge in [0.2, 0.25) is 0 Å². The average molecular weight is 267 g/mol. The van der Waals surface area contributed by atoms with E-state index in [1.54, 1.807) is 0 Å². The molecule has 4 heteroatoms. The molecule has 98 valence electrons. The average Bonchev–Trinajstić information content (AvgIpc) is 2.32. The van der Waals surface area contributed by atoms with Gasteiger partial charge in [0.25, 0.3) is 0 Å². The molecule has 0 spiro atoms. The summed E-state index contributed by atoms with van der Waals surface area (Å²) in [6.07, 6.45) is 0.679. The first kappa shape index (κ1) is 14.8. The predicted molar refractivity (Wildman–Crippen MR) is 73.7 cm³/mol. The SMILES string of the molecule is CNCc1ccc(OCCC(C)(C)C#N)c(Cl)c1. The lowest BCUT2D eigenvalue weighted by Crippen LogP contribution is -2.13. The zero-order valence-electron chi connectivity index (χ0n) is 11.1. The standard InChI is InChI=1S/C14H19ClN2O/c1-14(2,10-16)6-7-18-13-5-4-11(9-17-3)8-12(13)15/h4-5,8,17H,6-7,9H2,1-3H3. The van der Waals surface area contributed by atoms with Gasteiger partial charge in [-0.05, 0) is 45.0 Å². The van der Waals surface area contributed by atoms with Gasteiger partial charge in [0.05, 0.1) is 23.1 Å². The Bertz CT molecular complexity index is 438. The molecule has 18 heavy (non-hydrogen) atoms. The molecule has 1 N–H and O–H groups in total. The van der Waals surface area contributed by atoms with Crippen LogP contribution in [-0.4, -0.2) is 13.7 Å². The first-order chi connectivity index (χ1) is 8.48. The molecule has 0 radical (unpaired) electrons. The van der Waals surface area contributed by atoms with E-state index in [1.165, 1.54) is 0 Å². The maximum atomic E-state index is 8.90. The molecule has 0 aliphatic rings. The van der Waals surface area contributed by atoms with Gasteiger partial charge < -0.3 is 10.1 Å². The van der Waals surface area contributed by atoms with Crippen LogP contribution in [0.2, 0.25) is 5.02 Å². The van der Waals surface area contributed by atoms with Crippen molar-refractivity contribution in [2.45, 2.75) is 26.8 Å². The molecule has 0 saturated carbocycles. The minimum atomic E-state index is -0.363. The predicted octanol–water partition coefficient (Wildman–Crippen LogP) is 3.38. The molecule has 1 aromatic rings. The molecule has 0 aliphatic carbocycles. The van der Waals surface area contributed by atoms with Gasteiger partial charge in [-0.1, -0.05) is 17.7 Å². The summed E-state index contributed by atoms with van der Waals surface area (Å²) in [7, 11) is 1.89. The molecular formula is C14H19ClN2O. The van der Waals surface area contributed by atoms with Gasteiger partial charge in [-0.2, -0.15) is 5.26 Å². The van der Waals surface area contributed by atoms with Crippen molar-refractivity contribution in [2.24, 2.45) is 5.41 Å². The van der Waals surface area contributed by atoms with Crippen LogP contribution in [0.4, 0.5) is 0 Å². The van der Waals surface area contributed by atoms with Gasteiger partial charge in [-0.15, -0.1) is 0 Å². The highest BCUT2D eigenvalue weighted by molar-refractivity contribution is 6.32. The second-order valence-electron chi connectivity index (χ2n) is 4.89. The third-order valence-electron chi connectivity index (χ3n) is 2.66. The molecule has 0 aromatic heterocycles. The molecule has 0 fully saturated rings. The van der Waals surface area contributed by atoms with Gasteiger partial charge in [0.15, 0.2) is 0 Å². The van der Waals surface area contributed by atoms with Crippen LogP contribution in [0.15, 0.2) is 18.2 Å². The lowest BCUT2D eigenvalue weighted by Gasteiger charge is -2.16. The largest absolute Gasteiger partial charge is 0.492 e. The van der Waals surface area contributed by atoms with Crippen LogP contribution in [0.25, 0.3) is 0 Å². The Balaban J connectivity index is 2.56. The Kier molecular flexibility index (Phi) is 5.46. The highest BCUT2D eigenvalue weighted by Crippen LogP contribution is 2.27. The summed E-state index contributed by atoms with van der Waals surface area (Å²) >= 11 is 6.13. The molecule has 0 amide bonds. The van der Waals surface area contributed by atoms with E-state index in [1.807, 2.05) is 39.1 Å². The number of hydrogen-bond acceptors (Lipinski definition) is 3. The number of halogens is 1. The lowest BCUT2D eigenvalue weighted by molar-refractivity contribution is 0.264. The first-order valence-corrected chi connectivity index (χ1v) is 6.33. The Labute approximate surface area is 114 Å². The summed E-state index contributed by atoms with van der Waals surface area (Å²) in [4.78, 5) is 0. The van der Waals surface area contributed by atoms with Crippen molar-refractivity contribution in [3.63, 3.8) is 0 Å². The Hall–Kier alpha value is -1.24. The van der Waals surface area contributed by atoms with Gasteiger partial charge in [-0.25, -0.2) is 0 Å². The number of ether oxygens (including phenoxy) is 1. The zero-order valence-corrected chi connectivity index (χ0v) is 11.8. The Morgan fingerprint density at radius 3 is 2.72 bits per heavy atom. The smallest absolute Gasteiger partial charge is 0.137 e. The van der Waals surface area contributed by atoms with E-state index in [9.17, 15) is 0 Å². The van der Waals surface area contributed by atoms with E-state index in [-0.39, 0.29) is 5.41 Å². The van der Waals surface area contributed by atoms with E-state index in [0.717, 1.165) is 12.1 Å². The van der Waals surface area contributed by atoms with Gasteiger partial charge in [0, 0.05) is 6.54 Å². The normalized spacial score (nSPS) is 11.1. The number of benzene rings is 1. The monoisotopic (exact) mass is 266 g/mol. The topological polar surface area (TPSA) is 45.0 Å². The molecule has 3 nitrogen and oxygen atoms in total. The summed E-state index contributed by atoms with van der Waals surface area (Å²) in [6.45, 7) is 5.06. The molecule has 0 saturated heterocycles. The fourth-order valence-corrected chi connectivity index (χ4v) is 1.71. The van der Waals surface area contributed by atoms with E-state index < -0.39 is 0 Å². The number of rotatable bonds is 6. The second-order valence-corrected chi connectivity index (χ2v) is 5.30. The minimum Gasteiger partial charge on any atom is -0.492 e. The van der Waals surface area contributed by atoms with Gasteiger partial charge in [-0.3, -0.25) is 0 Å². The highest BCUT2D eigenvalue weighted by Gasteiger charge is 2.16. The first-order valence-electron chi connectivity index (χ1n) is 5.95. The molecular weight excluding hydrogens is 248 g/mol. The lowest BCUT2D eigenvalue weighted by atomic mass is 9.92. The summed E-state index contributed by atoms with van der Waals surface area (Å²) in [5.41, 5.74) is 0.755. The number of hydrogen-bond donors (Lipinski definition) is 1. The van der Waals surface area contributed by atoms with Crippen LogP contribution in [0.5, 0.6) is 5.75 Å². The van der Waals surface area contributed by atoms with Crippen molar-refractivity contribution in [3.05, 3.63) is 28.8 Å². The summed E-state index contributed by atoms with van der Waals surface area (Å²) < 4.78 is 5.60. The second kappa shape index (κ2) is 6.63. The van der Waals surface area contributed by atoms with Crippen LogP contribution in [0.3, 0.4) is 0 Å². The van der Waals surface area contributed by atoms with Gasteiger partial charge >= 0.3 is 0 Å². The zero-order chi connectivity index (χ0) is 13.6. The number of nitriles is 1. The Morgan fingerprint density at radius 1 is 1.44 bits per heavy atom. The van der Waals surface area contributed by atoms with Crippen LogP contribution in [0.1, 0.15) is 25.8 Å². The Morgan fingerprint density at radius 2 is 2.17 bits per heavy atom. The van der Waals surface area contributed by atoms with Crippen molar-refractivity contribution >= 4 is 11.6 Å². The highest BCUT2D eigenvalue weighted by atomic mass is 35.5. The van der Waals surface area contributed by atoms with Crippen molar-refractivity contribution in [3.8, 4) is 11.8 Å². The third-order valence-corrected chi connectivity index (χ3v) is 2.96. The van der Waals surface area contributed by atoms with Crippen LogP contribution in [-0.2, 0) is 6.54 Å². The van der Waals surface area contributed by atoms with E-state index >= 15 is 0 Å². The van der Waals surface area contributed by atoms with Gasteiger partial charge in [0.1, 0.15) is 5.75 Å². The summed E-state index contributed by atoms with van der Waals surface area (Å²) in [5.74, 6) is 0.672. The molecule has 0 heterocycles. The molecule has 1 rings (SSSR count). The maximum Gasteiger partial charge on any atom is 0.137 e. The van der Waals surface area contributed by atoms with Crippen molar-refractivity contribution < 1.29 is 4.74 Å². The molecule has 0 bridgehead atoms. The van der Waals surface area contributed by atoms with E-state index in [2.05, 4.69) is 11.4 Å².